The van der Waals surface area contributed by atoms with E-state index >= 15 is 0 Å². The number of fused-ring (bicyclic) bond motifs is 3. The zero-order valence-corrected chi connectivity index (χ0v) is 23.9. The van der Waals surface area contributed by atoms with Gasteiger partial charge < -0.3 is 54.0 Å². The number of hydrogen-bond donors (Lipinski definition) is 5. The van der Waals surface area contributed by atoms with E-state index in [0.717, 1.165) is 0 Å². The Morgan fingerprint density at radius 1 is 0.881 bits per heavy atom. The Morgan fingerprint density at radius 3 is 2.12 bits per heavy atom. The number of benzene rings is 2. The Labute approximate surface area is 241 Å². The molecule has 0 aromatic heterocycles. The fourth-order valence-electron chi connectivity index (χ4n) is 6.30. The second-order valence-electron chi connectivity index (χ2n) is 10.8. The zero-order valence-electron chi connectivity index (χ0n) is 23.9. The lowest BCUT2D eigenvalue weighted by molar-refractivity contribution is -0.329. The Kier molecular flexibility index (Phi) is 7.83. The van der Waals surface area contributed by atoms with E-state index in [1.54, 1.807) is 6.92 Å². The maximum atomic E-state index is 13.7. The van der Waals surface area contributed by atoms with Crippen LogP contribution in [0.5, 0.6) is 17.2 Å². The fraction of sp³-hybridized carbons (Fsp3) is 0.517. The standard InChI is InChI=1S/C29H34O13/c1-10-23(38-4)22(34)25(39-5)28(41-10)42-24-18-14(26(35)29(2,36)27(24)40-6)9-13-17(21(18)33)20(32)16-12(19(13)31)7-11(37-3)8-15(16)30/h7-10,22-28,30,33-36H,1-6H3. The SMILES string of the molecule is COc1cc(O)c2c(c1)C(=O)c1cc3c(c(O)c1C2=O)C(OC1OC(C)C(OC)C(O)C1OC)C(OC)C(C)(O)C3O. The molecular formula is C29H34O13. The quantitative estimate of drug-likeness (QED) is 0.272. The number of aliphatic hydroxyl groups is 3. The molecule has 42 heavy (non-hydrogen) atoms. The van der Waals surface area contributed by atoms with Crippen molar-refractivity contribution in [2.75, 3.05) is 28.4 Å². The van der Waals surface area contributed by atoms with Crippen molar-refractivity contribution in [1.29, 1.82) is 0 Å². The monoisotopic (exact) mass is 590 g/mol. The van der Waals surface area contributed by atoms with Crippen LogP contribution in [-0.4, -0.2) is 108 Å². The van der Waals surface area contributed by atoms with E-state index in [-0.39, 0.29) is 33.6 Å². The first-order valence-corrected chi connectivity index (χ1v) is 13.2. The lowest BCUT2D eigenvalue weighted by Crippen LogP contribution is -2.60. The molecule has 0 saturated carbocycles. The van der Waals surface area contributed by atoms with Gasteiger partial charge in [0.05, 0.1) is 24.3 Å². The summed E-state index contributed by atoms with van der Waals surface area (Å²) in [6, 6.07) is 3.67. The normalized spacial score (nSPS) is 34.0. The number of methoxy groups -OCH3 is 4. The Hall–Kier alpha value is -3.14. The van der Waals surface area contributed by atoms with Crippen LogP contribution in [0, 0.1) is 0 Å². The largest absolute Gasteiger partial charge is 0.507 e. The number of ketones is 2. The summed E-state index contributed by atoms with van der Waals surface area (Å²) in [5, 5.41) is 55.9. The van der Waals surface area contributed by atoms with E-state index in [1.165, 1.54) is 53.6 Å². The number of rotatable bonds is 6. The number of hydrogen-bond acceptors (Lipinski definition) is 13. The highest BCUT2D eigenvalue weighted by atomic mass is 16.7. The first-order chi connectivity index (χ1) is 19.8. The Bertz CT molecular complexity index is 1420. The van der Waals surface area contributed by atoms with Gasteiger partial charge >= 0.3 is 0 Å². The van der Waals surface area contributed by atoms with Crippen LogP contribution in [0.15, 0.2) is 18.2 Å². The first kappa shape index (κ1) is 30.3. The molecule has 9 atom stereocenters. The molecule has 1 heterocycles. The molecule has 0 bridgehead atoms. The third-order valence-corrected chi connectivity index (χ3v) is 8.46. The summed E-state index contributed by atoms with van der Waals surface area (Å²) in [4.78, 5) is 27.3. The molecule has 5 rings (SSSR count). The maximum absolute atomic E-state index is 13.7. The molecular weight excluding hydrogens is 556 g/mol. The lowest BCUT2D eigenvalue weighted by Gasteiger charge is -2.49. The summed E-state index contributed by atoms with van der Waals surface area (Å²) >= 11 is 0. The van der Waals surface area contributed by atoms with Crippen molar-refractivity contribution in [3.05, 3.63) is 51.6 Å². The molecule has 1 aliphatic heterocycles. The van der Waals surface area contributed by atoms with E-state index in [9.17, 15) is 35.1 Å². The molecule has 3 aliphatic rings. The number of aliphatic hydroxyl groups excluding tert-OH is 2. The predicted molar refractivity (Wildman–Crippen MR) is 142 cm³/mol. The molecule has 13 nitrogen and oxygen atoms in total. The zero-order chi connectivity index (χ0) is 30.8. The predicted octanol–water partition coefficient (Wildman–Crippen LogP) is 0.888. The molecule has 9 unspecified atom stereocenters. The number of ether oxygens (including phenoxy) is 6. The van der Waals surface area contributed by atoms with E-state index < -0.39 is 83.2 Å². The number of phenolic OH excluding ortho intramolecular Hbond substituents is 2. The maximum Gasteiger partial charge on any atom is 0.201 e. The van der Waals surface area contributed by atoms with Crippen LogP contribution < -0.4 is 4.74 Å². The van der Waals surface area contributed by atoms with Crippen molar-refractivity contribution in [3.8, 4) is 17.2 Å². The van der Waals surface area contributed by atoms with Gasteiger partial charge in [0, 0.05) is 44.1 Å². The first-order valence-electron chi connectivity index (χ1n) is 13.2. The molecule has 0 amide bonds. The van der Waals surface area contributed by atoms with Crippen molar-refractivity contribution >= 4 is 11.6 Å². The minimum absolute atomic E-state index is 0.0978. The molecule has 0 radical (unpaired) electrons. The lowest BCUT2D eigenvalue weighted by atomic mass is 9.71. The summed E-state index contributed by atoms with van der Waals surface area (Å²) in [5.41, 5.74) is -3.44. The second kappa shape index (κ2) is 10.8. The van der Waals surface area contributed by atoms with Gasteiger partial charge in [-0.15, -0.1) is 0 Å². The molecule has 13 heteroatoms. The van der Waals surface area contributed by atoms with Gasteiger partial charge in [-0.05, 0) is 31.5 Å². The fourth-order valence-corrected chi connectivity index (χ4v) is 6.30. The van der Waals surface area contributed by atoms with E-state index in [2.05, 4.69) is 0 Å². The highest BCUT2D eigenvalue weighted by Crippen LogP contribution is 2.53. The highest BCUT2D eigenvalue weighted by Gasteiger charge is 2.56. The van der Waals surface area contributed by atoms with Gasteiger partial charge in [-0.1, -0.05) is 0 Å². The van der Waals surface area contributed by atoms with Crippen molar-refractivity contribution in [1.82, 2.24) is 0 Å². The van der Waals surface area contributed by atoms with Crippen molar-refractivity contribution in [2.24, 2.45) is 0 Å². The summed E-state index contributed by atoms with van der Waals surface area (Å²) < 4.78 is 33.7. The van der Waals surface area contributed by atoms with Crippen LogP contribution in [0.1, 0.15) is 69.0 Å². The van der Waals surface area contributed by atoms with Gasteiger partial charge in [0.2, 0.25) is 5.78 Å². The highest BCUT2D eigenvalue weighted by molar-refractivity contribution is 6.30. The van der Waals surface area contributed by atoms with Crippen molar-refractivity contribution in [2.45, 2.75) is 68.5 Å². The van der Waals surface area contributed by atoms with Crippen LogP contribution in [0.25, 0.3) is 0 Å². The van der Waals surface area contributed by atoms with Crippen LogP contribution in [-0.2, 0) is 23.7 Å². The number of carbonyl (C=O) groups is 2. The molecule has 2 aliphatic carbocycles. The summed E-state index contributed by atoms with van der Waals surface area (Å²) in [6.45, 7) is 2.94. The van der Waals surface area contributed by atoms with Gasteiger partial charge in [0.25, 0.3) is 0 Å². The summed E-state index contributed by atoms with van der Waals surface area (Å²) in [5.74, 6) is -2.68. The average Bonchev–Trinajstić information content (AvgIpc) is 2.94. The third kappa shape index (κ3) is 4.31. The van der Waals surface area contributed by atoms with E-state index in [0.29, 0.717) is 0 Å². The van der Waals surface area contributed by atoms with Gasteiger partial charge in [0.1, 0.15) is 59.5 Å². The summed E-state index contributed by atoms with van der Waals surface area (Å²) in [7, 11) is 5.32. The summed E-state index contributed by atoms with van der Waals surface area (Å²) in [6.07, 6.45) is -9.48. The average molecular weight is 591 g/mol. The van der Waals surface area contributed by atoms with Gasteiger partial charge in [-0.2, -0.15) is 0 Å². The van der Waals surface area contributed by atoms with Crippen LogP contribution in [0.4, 0.5) is 0 Å². The molecule has 228 valence electrons. The van der Waals surface area contributed by atoms with Gasteiger partial charge in [-0.3, -0.25) is 9.59 Å². The number of carbonyl (C=O) groups excluding carboxylic acids is 2. The Balaban J connectivity index is 1.69. The van der Waals surface area contributed by atoms with Crippen LogP contribution in [0.3, 0.4) is 0 Å². The molecule has 5 N–H and O–H groups in total. The Morgan fingerprint density at radius 2 is 1.52 bits per heavy atom. The van der Waals surface area contributed by atoms with Crippen molar-refractivity contribution in [3.63, 3.8) is 0 Å². The smallest absolute Gasteiger partial charge is 0.201 e. The molecule has 2 aromatic rings. The molecule has 2 aromatic carbocycles. The minimum Gasteiger partial charge on any atom is -0.507 e. The molecule has 1 saturated heterocycles. The van der Waals surface area contributed by atoms with Gasteiger partial charge in [0.15, 0.2) is 12.1 Å². The third-order valence-electron chi connectivity index (χ3n) is 8.46. The second-order valence-corrected chi connectivity index (χ2v) is 10.8. The van der Waals surface area contributed by atoms with Crippen LogP contribution >= 0.6 is 0 Å². The van der Waals surface area contributed by atoms with Crippen molar-refractivity contribution < 1.29 is 63.5 Å². The number of phenols is 2. The van der Waals surface area contributed by atoms with E-state index in [4.69, 9.17) is 28.4 Å². The number of aromatic hydroxyl groups is 2. The minimum atomic E-state index is -2.04. The van der Waals surface area contributed by atoms with Crippen LogP contribution in [0.2, 0.25) is 0 Å². The van der Waals surface area contributed by atoms with E-state index in [1.807, 2.05) is 0 Å². The molecule has 0 spiro atoms. The van der Waals surface area contributed by atoms with Gasteiger partial charge in [-0.25, -0.2) is 0 Å². The molecule has 1 fully saturated rings. The topological polar surface area (TPSA) is 191 Å².